The Hall–Kier alpha value is -8.06. The van der Waals surface area contributed by atoms with Crippen LogP contribution in [-0.2, 0) is 180 Å². The Morgan fingerprint density at radius 1 is 0.219 bits per heavy atom. The van der Waals surface area contributed by atoms with Gasteiger partial charge in [0.15, 0.2) is 68.9 Å². The van der Waals surface area contributed by atoms with E-state index in [1.54, 1.807) is 0 Å². The highest BCUT2D eigenvalue weighted by molar-refractivity contribution is 7.92. The molecule has 7 rings (SSSR count). The van der Waals surface area contributed by atoms with E-state index in [1.807, 2.05) is 243 Å². The minimum atomic E-state index is -2.92. The number of aromatic nitrogens is 14. The SMILES string of the molecule is CCCCS(=O)(=O)CC[n+]1ccn(CC)c1.CCCCS(=O)(=O)CC[n+]1ccn(CC)c1.CCCCS(=O)(=O)CC[n+]1ccn(CC)c1.CCCCS(=O)(=O)CC[n+]1ccn(CC)c1.CCCCS(=O)(=O)CC[n+]1ccn(CC)c1.CCCCS(=O)(=O)CC[n+]1ccn(CC)c1.CCCCS(=O)(=O)CC[n+]1ccn(CC)c1.O=C([O-])C(=O)[O-].O=C([O-])C(=O)[O-].[O-]B([O-])[O-]. The van der Waals surface area contributed by atoms with Crippen molar-refractivity contribution in [3.8, 4) is 0 Å². The van der Waals surface area contributed by atoms with Gasteiger partial charge in [-0.3, -0.25) is 7.32 Å². The molecule has 0 saturated carbocycles. The normalized spacial score (nSPS) is 11.3. The summed E-state index contributed by atoms with van der Waals surface area (Å²) in [5.41, 5.74) is 0. The number of carboxylic acids is 4. The van der Waals surface area contributed by atoms with Gasteiger partial charge in [-0.05, 0) is 93.4 Å². The van der Waals surface area contributed by atoms with Crippen LogP contribution in [0.15, 0.2) is 131 Å². The fraction of sp³-hybridized carbons (Fsp3) is 0.691. The molecular weight excluding hydrogens is 1800 g/mol. The fourth-order valence-corrected chi connectivity index (χ4v) is 20.2. The molecule has 0 bridgehead atoms. The molecular formula is C81H147BN14O25S7. The molecule has 0 radical (unpaired) electrons. The minimum absolute atomic E-state index is 0.241. The molecule has 0 aromatic carbocycles. The number of aryl methyl sites for hydroxylation is 14. The van der Waals surface area contributed by atoms with Crippen LogP contribution in [0.1, 0.15) is 187 Å². The van der Waals surface area contributed by atoms with Gasteiger partial charge in [0.25, 0.3) is 0 Å². The van der Waals surface area contributed by atoms with Crippen LogP contribution in [0.3, 0.4) is 0 Å². The molecule has 7 heterocycles. The van der Waals surface area contributed by atoms with E-state index < -0.39 is 100 Å². The number of carbonyl (C=O) groups is 4. The summed E-state index contributed by atoms with van der Waals surface area (Å²) in [6.45, 7) is 38.7. The number of aliphatic carboxylic acids is 4. The molecule has 0 spiro atoms. The third-order valence-electron chi connectivity index (χ3n) is 18.4. The number of hydrogen-bond acceptors (Lipinski definition) is 25. The summed E-state index contributed by atoms with van der Waals surface area (Å²) in [4.78, 5) is 35.7. The van der Waals surface area contributed by atoms with Gasteiger partial charge in [0, 0.05) is 0 Å². The van der Waals surface area contributed by atoms with Gasteiger partial charge in [0.05, 0.1) is 150 Å². The van der Waals surface area contributed by atoms with Crippen molar-refractivity contribution in [2.24, 2.45) is 0 Å². The third kappa shape index (κ3) is 68.1. The van der Waals surface area contributed by atoms with Crippen molar-refractivity contribution in [3.63, 3.8) is 0 Å². The molecule has 0 unspecified atom stereocenters. The van der Waals surface area contributed by atoms with Crippen molar-refractivity contribution in [2.75, 3.05) is 80.5 Å². The van der Waals surface area contributed by atoms with Gasteiger partial charge in [-0.1, -0.05) is 93.4 Å². The maximum Gasteiger partial charge on any atom is 0.243 e. The number of sulfone groups is 7. The van der Waals surface area contributed by atoms with Crippen molar-refractivity contribution < 1.29 is 146 Å². The minimum Gasteiger partial charge on any atom is -0.907 e. The lowest BCUT2D eigenvalue weighted by atomic mass is 10.3. The summed E-state index contributed by atoms with van der Waals surface area (Å²) in [7, 11) is -23.0. The molecule has 0 aliphatic carbocycles. The summed E-state index contributed by atoms with van der Waals surface area (Å²) < 4.78 is 190. The largest absolute Gasteiger partial charge is 0.907 e. The summed E-state index contributed by atoms with van der Waals surface area (Å²) in [6, 6.07) is 0. The van der Waals surface area contributed by atoms with Gasteiger partial charge in [0.2, 0.25) is 44.3 Å². The zero-order chi connectivity index (χ0) is 98.0. The second-order valence-electron chi connectivity index (χ2n) is 29.3. The van der Waals surface area contributed by atoms with E-state index >= 15 is 0 Å². The number of hydrogen-bond donors (Lipinski definition) is 0. The van der Waals surface area contributed by atoms with Crippen molar-refractivity contribution in [1.29, 1.82) is 0 Å². The van der Waals surface area contributed by atoms with Crippen LogP contribution in [0.25, 0.3) is 0 Å². The Kier molecular flexibility index (Phi) is 67.7. The van der Waals surface area contributed by atoms with Gasteiger partial charge in [0.1, 0.15) is 133 Å². The van der Waals surface area contributed by atoms with Crippen molar-refractivity contribution in [2.45, 2.75) is 278 Å². The number of carboxylic acid groups (broad SMARTS) is 4. The number of carbonyl (C=O) groups excluding carboxylic acids is 4. The second-order valence-corrected chi connectivity index (χ2v) is 45.5. The molecule has 47 heteroatoms. The highest BCUT2D eigenvalue weighted by atomic mass is 32.2. The van der Waals surface area contributed by atoms with E-state index in [1.165, 1.54) is 0 Å². The number of rotatable bonds is 49. The quantitative estimate of drug-likeness (QED) is 0.0200. The predicted molar refractivity (Wildman–Crippen MR) is 473 cm³/mol. The Balaban J connectivity index is -0.00000138. The number of unbranched alkanes of at least 4 members (excludes halogenated alkanes) is 7. The first kappa shape index (κ1) is 124. The summed E-state index contributed by atoms with van der Waals surface area (Å²) >= 11 is 0. The maximum absolute atomic E-state index is 11.6. The lowest BCUT2D eigenvalue weighted by molar-refractivity contribution is -0.692. The highest BCUT2D eigenvalue weighted by Crippen LogP contribution is 2.04. The van der Waals surface area contributed by atoms with Crippen LogP contribution in [0.2, 0.25) is 0 Å². The molecule has 736 valence electrons. The summed E-state index contributed by atoms with van der Waals surface area (Å²) in [5, 5.41) is 61.0. The molecule has 0 atom stereocenters. The molecule has 0 N–H and O–H groups in total. The second kappa shape index (κ2) is 69.8. The molecule has 7 aromatic heterocycles. The molecule has 7 aromatic rings. The fourth-order valence-electron chi connectivity index (χ4n) is 10.3. The first-order valence-corrected chi connectivity index (χ1v) is 56.4. The van der Waals surface area contributed by atoms with Gasteiger partial charge in [-0.25, -0.2) is 123 Å². The van der Waals surface area contributed by atoms with E-state index in [-0.39, 0.29) is 40.3 Å². The predicted octanol–water partition coefficient (Wildman–Crippen LogP) is -3.90. The first-order valence-electron chi connectivity index (χ1n) is 43.6. The zero-order valence-electron chi connectivity index (χ0n) is 77.7. The number of imidazole rings is 7. The van der Waals surface area contributed by atoms with Crippen LogP contribution in [0.5, 0.6) is 0 Å². The van der Waals surface area contributed by atoms with E-state index in [0.29, 0.717) is 86.1 Å². The van der Waals surface area contributed by atoms with E-state index in [4.69, 9.17) is 54.7 Å². The van der Waals surface area contributed by atoms with E-state index in [0.717, 1.165) is 136 Å². The van der Waals surface area contributed by atoms with Crippen molar-refractivity contribution >= 4 is 100 Å². The van der Waals surface area contributed by atoms with Gasteiger partial charge in [-0.2, -0.15) is 0 Å². The van der Waals surface area contributed by atoms with Crippen LogP contribution in [0, 0.1) is 0 Å². The van der Waals surface area contributed by atoms with E-state index in [9.17, 15) is 58.9 Å². The maximum atomic E-state index is 11.6. The third-order valence-corrected chi connectivity index (χ3v) is 30.4. The average Bonchev–Trinajstić information content (AvgIpc) is 1.75. The lowest BCUT2D eigenvalue weighted by Crippen LogP contribution is -2.56. The Labute approximate surface area is 762 Å². The highest BCUT2D eigenvalue weighted by Gasteiger charge is 2.20. The monoisotopic (exact) mass is 1950 g/mol. The van der Waals surface area contributed by atoms with E-state index in [2.05, 4.69) is 48.5 Å². The van der Waals surface area contributed by atoms with Crippen LogP contribution < -0.4 is 67.5 Å². The molecule has 0 saturated heterocycles. The average molecular weight is 1950 g/mol. The lowest BCUT2D eigenvalue weighted by Gasteiger charge is -2.35. The molecule has 0 amide bonds. The van der Waals surface area contributed by atoms with Gasteiger partial charge in [-0.15, -0.1) is 0 Å². The topological polar surface area (TPSA) is 530 Å². The van der Waals surface area contributed by atoms with Crippen molar-refractivity contribution in [1.82, 2.24) is 32.0 Å². The van der Waals surface area contributed by atoms with Crippen LogP contribution >= 0.6 is 0 Å². The Morgan fingerprint density at radius 2 is 0.320 bits per heavy atom. The molecule has 0 aliphatic heterocycles. The first-order chi connectivity index (χ1) is 60.0. The smallest absolute Gasteiger partial charge is 0.243 e. The Bertz CT molecular complexity index is 4150. The van der Waals surface area contributed by atoms with Crippen LogP contribution in [0.4, 0.5) is 0 Å². The molecule has 0 fully saturated rings. The molecule has 128 heavy (non-hydrogen) atoms. The van der Waals surface area contributed by atoms with Crippen molar-refractivity contribution in [3.05, 3.63) is 131 Å². The summed E-state index contributed by atoms with van der Waals surface area (Å²) in [6.07, 6.45) is 52.6. The van der Waals surface area contributed by atoms with Gasteiger partial charge >= 0.3 is 0 Å². The summed E-state index contributed by atoms with van der Waals surface area (Å²) in [5.74, 6) is -4.82. The molecule has 0 aliphatic rings. The van der Waals surface area contributed by atoms with Gasteiger partial charge < -0.3 is 54.7 Å². The Morgan fingerprint density at radius 3 is 0.391 bits per heavy atom. The van der Waals surface area contributed by atoms with Crippen LogP contribution in [-0.4, -0.2) is 203 Å². The zero-order valence-corrected chi connectivity index (χ0v) is 83.4. The number of nitrogens with zero attached hydrogens (tertiary/aromatic N) is 14. The molecule has 39 nitrogen and oxygen atoms in total. The standard InChI is InChI=1S/7C11H21N2O2S.2C2H2O4.BO3/c7*1-3-5-9-16(14,15)10-8-13-7-6-12(4-2)11-13;2*3-1(4)2(5)6;2-1(3)4/h7*6-7,11H,3-5,8-10H2,1-2H3;2*(H,3,4)(H,5,6);/q7*+1;;;-3/p-4.